The van der Waals surface area contributed by atoms with Gasteiger partial charge in [-0.3, -0.25) is 0 Å². The summed E-state index contributed by atoms with van der Waals surface area (Å²) in [5.74, 6) is 0. The molecule has 0 spiro atoms. The third kappa shape index (κ3) is 6.32. The standard InChI is InChI=1S/C63H46N2/c1-43-23-35-57-58-36-24-44(2)40-62(58)65(61(57)39-43)54-34-38-56-55-37-33-53(41-59(55)63(60(56)42-54,49-19-11-5-12-20-49)50-21-13-6-14-22-50)64(51-29-25-47(26-30-51)45-15-7-3-8-16-45)52-31-27-48(28-32-52)46-17-9-4-10-18-46/h3-42H,1-2H3. The maximum atomic E-state index is 2.49. The average Bonchev–Trinajstić information content (AvgIpc) is 3.84. The fourth-order valence-corrected chi connectivity index (χ4v) is 10.6. The van der Waals surface area contributed by atoms with Gasteiger partial charge in [-0.15, -0.1) is 0 Å². The van der Waals surface area contributed by atoms with Crippen molar-refractivity contribution in [1.29, 1.82) is 0 Å². The van der Waals surface area contributed by atoms with Crippen molar-refractivity contribution in [2.24, 2.45) is 0 Å². The summed E-state index contributed by atoms with van der Waals surface area (Å²) in [6, 6.07) is 89.7. The lowest BCUT2D eigenvalue weighted by atomic mass is 9.67. The van der Waals surface area contributed by atoms with E-state index < -0.39 is 5.41 Å². The highest BCUT2D eigenvalue weighted by Gasteiger charge is 2.46. The molecule has 1 aliphatic rings. The van der Waals surface area contributed by atoms with Crippen LogP contribution < -0.4 is 4.90 Å². The molecule has 0 atom stereocenters. The summed E-state index contributed by atoms with van der Waals surface area (Å²) < 4.78 is 2.49. The van der Waals surface area contributed by atoms with Crippen molar-refractivity contribution in [3.63, 3.8) is 0 Å². The molecule has 1 aliphatic carbocycles. The Morgan fingerprint density at radius 2 is 0.738 bits per heavy atom. The third-order valence-corrected chi connectivity index (χ3v) is 13.6. The second kappa shape index (κ2) is 15.6. The van der Waals surface area contributed by atoms with Crippen LogP contribution in [0, 0.1) is 13.8 Å². The van der Waals surface area contributed by atoms with Crippen LogP contribution in [-0.4, -0.2) is 4.57 Å². The molecule has 10 aromatic carbocycles. The quantitative estimate of drug-likeness (QED) is 0.148. The minimum absolute atomic E-state index is 0.621. The Morgan fingerprint density at radius 1 is 0.338 bits per heavy atom. The van der Waals surface area contributed by atoms with E-state index in [0.29, 0.717) is 0 Å². The molecule has 0 bridgehead atoms. The topological polar surface area (TPSA) is 8.17 Å². The maximum absolute atomic E-state index is 2.49. The van der Waals surface area contributed by atoms with Crippen molar-refractivity contribution in [2.75, 3.05) is 4.90 Å². The summed E-state index contributed by atoms with van der Waals surface area (Å²) in [6.45, 7) is 4.38. The van der Waals surface area contributed by atoms with Crippen LogP contribution in [0.25, 0.3) is 60.9 Å². The van der Waals surface area contributed by atoms with Gasteiger partial charge in [0.1, 0.15) is 0 Å². The van der Waals surface area contributed by atoms with Gasteiger partial charge in [-0.25, -0.2) is 0 Å². The van der Waals surface area contributed by atoms with Gasteiger partial charge < -0.3 is 9.47 Å². The number of aryl methyl sites for hydroxylation is 2. The van der Waals surface area contributed by atoms with Crippen molar-refractivity contribution >= 4 is 38.9 Å². The molecule has 11 aromatic rings. The first kappa shape index (κ1) is 38.5. The lowest BCUT2D eigenvalue weighted by molar-refractivity contribution is 0.767. The third-order valence-electron chi connectivity index (χ3n) is 13.6. The normalized spacial score (nSPS) is 12.6. The molecular formula is C63H46N2. The van der Waals surface area contributed by atoms with Crippen molar-refractivity contribution in [1.82, 2.24) is 4.57 Å². The van der Waals surface area contributed by atoms with Gasteiger partial charge in [0.15, 0.2) is 0 Å². The molecular weight excluding hydrogens is 785 g/mol. The maximum Gasteiger partial charge on any atom is 0.0715 e. The second-order valence-corrected chi connectivity index (χ2v) is 17.5. The van der Waals surface area contributed by atoms with E-state index in [1.807, 2.05) is 0 Å². The molecule has 2 heteroatoms. The smallest absolute Gasteiger partial charge is 0.0715 e. The fraction of sp³-hybridized carbons (Fsp3) is 0.0476. The monoisotopic (exact) mass is 830 g/mol. The first-order valence-electron chi connectivity index (χ1n) is 22.6. The summed E-state index contributed by atoms with van der Waals surface area (Å²) in [5.41, 5.74) is 21.1. The van der Waals surface area contributed by atoms with Crippen LogP contribution in [0.4, 0.5) is 17.1 Å². The average molecular weight is 831 g/mol. The molecule has 2 nitrogen and oxygen atoms in total. The van der Waals surface area contributed by atoms with E-state index in [2.05, 4.69) is 266 Å². The van der Waals surface area contributed by atoms with Crippen molar-refractivity contribution < 1.29 is 0 Å². The molecule has 0 N–H and O–H groups in total. The number of anilines is 3. The predicted molar refractivity (Wildman–Crippen MR) is 273 cm³/mol. The van der Waals surface area contributed by atoms with Crippen LogP contribution in [0.15, 0.2) is 243 Å². The van der Waals surface area contributed by atoms with Crippen molar-refractivity contribution in [3.8, 4) is 39.1 Å². The highest BCUT2D eigenvalue weighted by atomic mass is 15.1. The van der Waals surface area contributed by atoms with E-state index in [-0.39, 0.29) is 0 Å². The van der Waals surface area contributed by atoms with E-state index >= 15 is 0 Å². The molecule has 0 unspecified atom stereocenters. The Balaban J connectivity index is 1.10. The highest BCUT2D eigenvalue weighted by molar-refractivity contribution is 6.09. The molecule has 0 radical (unpaired) electrons. The van der Waals surface area contributed by atoms with Crippen LogP contribution in [0.2, 0.25) is 0 Å². The zero-order valence-electron chi connectivity index (χ0n) is 36.5. The zero-order chi connectivity index (χ0) is 43.5. The molecule has 0 saturated carbocycles. The van der Waals surface area contributed by atoms with Gasteiger partial charge in [0, 0.05) is 33.5 Å². The van der Waals surface area contributed by atoms with Crippen LogP contribution in [0.3, 0.4) is 0 Å². The molecule has 0 aliphatic heterocycles. The number of hydrogen-bond donors (Lipinski definition) is 0. The van der Waals surface area contributed by atoms with Gasteiger partial charge in [-0.1, -0.05) is 182 Å². The van der Waals surface area contributed by atoms with Crippen LogP contribution in [-0.2, 0) is 5.41 Å². The van der Waals surface area contributed by atoms with E-state index in [1.54, 1.807) is 0 Å². The molecule has 0 fully saturated rings. The van der Waals surface area contributed by atoms with Gasteiger partial charge in [0.05, 0.1) is 16.4 Å². The zero-order valence-corrected chi connectivity index (χ0v) is 36.5. The van der Waals surface area contributed by atoms with Crippen LogP contribution >= 0.6 is 0 Å². The summed E-state index contributed by atoms with van der Waals surface area (Å²) >= 11 is 0. The Kier molecular flexibility index (Phi) is 9.21. The molecule has 1 aromatic heterocycles. The molecule has 12 rings (SSSR count). The summed E-state index contributed by atoms with van der Waals surface area (Å²) in [4.78, 5) is 2.42. The SMILES string of the molecule is Cc1ccc2c3ccc(C)cc3n(-c3ccc4c(c3)C(c3ccccc3)(c3ccccc3)c3cc(N(c5ccc(-c6ccccc6)cc5)c5ccc(-c6ccccc6)cc5)ccc3-4)c2c1. The van der Waals surface area contributed by atoms with Gasteiger partial charge in [-0.2, -0.15) is 0 Å². The predicted octanol–water partition coefficient (Wildman–Crippen LogP) is 16.6. The van der Waals surface area contributed by atoms with Gasteiger partial charge in [-0.05, 0) is 141 Å². The number of benzene rings is 10. The minimum Gasteiger partial charge on any atom is -0.310 e. The minimum atomic E-state index is -0.621. The first-order valence-corrected chi connectivity index (χ1v) is 22.6. The largest absolute Gasteiger partial charge is 0.310 e. The lowest BCUT2D eigenvalue weighted by Gasteiger charge is -2.35. The number of nitrogens with zero attached hydrogens (tertiary/aromatic N) is 2. The molecule has 308 valence electrons. The Labute approximate surface area is 381 Å². The second-order valence-electron chi connectivity index (χ2n) is 17.5. The highest BCUT2D eigenvalue weighted by Crippen LogP contribution is 2.58. The van der Waals surface area contributed by atoms with E-state index in [1.165, 1.54) is 88.6 Å². The van der Waals surface area contributed by atoms with E-state index in [0.717, 1.165) is 22.7 Å². The van der Waals surface area contributed by atoms with Gasteiger partial charge >= 0.3 is 0 Å². The number of hydrogen-bond acceptors (Lipinski definition) is 1. The summed E-state index contributed by atoms with van der Waals surface area (Å²) in [5, 5.41) is 2.54. The fourth-order valence-electron chi connectivity index (χ4n) is 10.6. The van der Waals surface area contributed by atoms with E-state index in [4.69, 9.17) is 0 Å². The van der Waals surface area contributed by atoms with Crippen LogP contribution in [0.5, 0.6) is 0 Å². The summed E-state index contributed by atoms with van der Waals surface area (Å²) in [6.07, 6.45) is 0. The molecule has 0 saturated heterocycles. The number of rotatable bonds is 8. The molecule has 1 heterocycles. The summed E-state index contributed by atoms with van der Waals surface area (Å²) in [7, 11) is 0. The van der Waals surface area contributed by atoms with Gasteiger partial charge in [0.25, 0.3) is 0 Å². The first-order chi connectivity index (χ1) is 32.0. The Bertz CT molecular complexity index is 3330. The number of fused-ring (bicyclic) bond motifs is 6. The lowest BCUT2D eigenvalue weighted by Crippen LogP contribution is -2.29. The Morgan fingerprint density at radius 3 is 1.22 bits per heavy atom. The number of aromatic nitrogens is 1. The van der Waals surface area contributed by atoms with Crippen molar-refractivity contribution in [3.05, 3.63) is 276 Å². The molecule has 65 heavy (non-hydrogen) atoms. The van der Waals surface area contributed by atoms with E-state index in [9.17, 15) is 0 Å². The van der Waals surface area contributed by atoms with Crippen LogP contribution in [0.1, 0.15) is 33.4 Å². The Hall–Kier alpha value is -8.20. The van der Waals surface area contributed by atoms with Gasteiger partial charge in [0.2, 0.25) is 0 Å². The molecule has 0 amide bonds. The van der Waals surface area contributed by atoms with Crippen molar-refractivity contribution in [2.45, 2.75) is 19.3 Å².